The number of anilines is 1. The van der Waals surface area contributed by atoms with Gasteiger partial charge in [0.25, 0.3) is 0 Å². The smallest absolute Gasteiger partial charge is 0.243 e. The summed E-state index contributed by atoms with van der Waals surface area (Å²) in [7, 11) is 0. The van der Waals surface area contributed by atoms with E-state index in [9.17, 15) is 4.79 Å². The quantitative estimate of drug-likeness (QED) is 0.636. The first-order chi connectivity index (χ1) is 14.1. The number of likely N-dealkylation sites (tertiary alicyclic amines) is 1. The summed E-state index contributed by atoms with van der Waals surface area (Å²) in [6.07, 6.45) is 5.17. The second-order valence-corrected chi connectivity index (χ2v) is 7.71. The molecule has 1 aliphatic heterocycles. The molecule has 0 spiro atoms. The lowest BCUT2D eigenvalue weighted by Crippen LogP contribution is -2.47. The Morgan fingerprint density at radius 2 is 2.00 bits per heavy atom. The van der Waals surface area contributed by atoms with Gasteiger partial charge in [-0.15, -0.1) is 0 Å². The number of aromatic nitrogens is 1. The van der Waals surface area contributed by atoms with Gasteiger partial charge < -0.3 is 15.5 Å². The molecular formula is C23H24N4OS. The van der Waals surface area contributed by atoms with Gasteiger partial charge in [0, 0.05) is 12.7 Å². The van der Waals surface area contributed by atoms with Crippen LogP contribution in [0.4, 0.5) is 5.69 Å². The largest absolute Gasteiger partial charge is 0.348 e. The summed E-state index contributed by atoms with van der Waals surface area (Å²) in [6, 6.07) is 17.9. The molecular weight excluding hydrogens is 380 g/mol. The van der Waals surface area contributed by atoms with Gasteiger partial charge in [-0.1, -0.05) is 42.5 Å². The topological polar surface area (TPSA) is 57.3 Å². The molecule has 1 fully saturated rings. The number of hydrogen-bond donors (Lipinski definition) is 2. The van der Waals surface area contributed by atoms with Crippen LogP contribution >= 0.6 is 12.2 Å². The molecule has 1 amide bonds. The molecule has 0 unspecified atom stereocenters. The fourth-order valence-electron chi connectivity index (χ4n) is 3.93. The standard InChI is InChI=1S/C23H24N4OS/c1-16(19-11-4-8-17-7-2-3-10-20(17)19)25-22(28)21-12-6-14-27(21)23(29)26-18-9-5-13-24-15-18/h2-5,7-11,13,15-16,21H,6,12,14H2,1H3,(H,25,28)(H,26,29)/t16-,21-/m1/s1. The molecule has 3 aromatic rings. The number of hydrogen-bond acceptors (Lipinski definition) is 3. The van der Waals surface area contributed by atoms with Crippen LogP contribution in [0.25, 0.3) is 10.8 Å². The van der Waals surface area contributed by atoms with E-state index in [0.29, 0.717) is 5.11 Å². The first kappa shape index (κ1) is 19.3. The number of thiocarbonyl (C=S) groups is 1. The van der Waals surface area contributed by atoms with Crippen molar-refractivity contribution in [1.82, 2.24) is 15.2 Å². The van der Waals surface area contributed by atoms with Crippen LogP contribution in [0, 0.1) is 0 Å². The van der Waals surface area contributed by atoms with Gasteiger partial charge in [-0.25, -0.2) is 0 Å². The number of nitrogens with zero attached hydrogens (tertiary/aromatic N) is 2. The van der Waals surface area contributed by atoms with Crippen molar-refractivity contribution in [3.63, 3.8) is 0 Å². The molecule has 4 rings (SSSR count). The minimum Gasteiger partial charge on any atom is -0.348 e. The first-order valence-electron chi connectivity index (χ1n) is 9.89. The van der Waals surface area contributed by atoms with Gasteiger partial charge in [0.2, 0.25) is 5.91 Å². The summed E-state index contributed by atoms with van der Waals surface area (Å²) < 4.78 is 0. The molecule has 1 aliphatic rings. The van der Waals surface area contributed by atoms with Crippen molar-refractivity contribution < 1.29 is 4.79 Å². The summed E-state index contributed by atoms with van der Waals surface area (Å²) >= 11 is 5.57. The van der Waals surface area contributed by atoms with E-state index in [1.165, 1.54) is 10.8 Å². The number of pyridine rings is 1. The summed E-state index contributed by atoms with van der Waals surface area (Å²) in [5, 5.41) is 9.30. The van der Waals surface area contributed by atoms with E-state index in [4.69, 9.17) is 12.2 Å². The summed E-state index contributed by atoms with van der Waals surface area (Å²) in [5.41, 5.74) is 1.95. The minimum atomic E-state index is -0.260. The Kier molecular flexibility index (Phi) is 5.71. The van der Waals surface area contributed by atoms with Crippen molar-refractivity contribution >= 4 is 39.7 Å². The van der Waals surface area contributed by atoms with Crippen molar-refractivity contribution in [3.8, 4) is 0 Å². The van der Waals surface area contributed by atoms with Crippen LogP contribution in [0.1, 0.15) is 31.4 Å². The number of rotatable bonds is 4. The van der Waals surface area contributed by atoms with Gasteiger partial charge in [-0.05, 0) is 60.5 Å². The molecule has 148 valence electrons. The van der Waals surface area contributed by atoms with Crippen LogP contribution in [-0.2, 0) is 4.79 Å². The number of carbonyl (C=O) groups is 1. The van der Waals surface area contributed by atoms with Gasteiger partial charge in [0.15, 0.2) is 5.11 Å². The van der Waals surface area contributed by atoms with Gasteiger partial charge in [-0.3, -0.25) is 9.78 Å². The van der Waals surface area contributed by atoms with Crippen molar-refractivity contribution in [2.75, 3.05) is 11.9 Å². The molecule has 0 radical (unpaired) electrons. The Hall–Kier alpha value is -2.99. The number of fused-ring (bicyclic) bond motifs is 1. The minimum absolute atomic E-state index is 0.0123. The van der Waals surface area contributed by atoms with Crippen LogP contribution in [0.3, 0.4) is 0 Å². The van der Waals surface area contributed by atoms with Crippen LogP contribution in [-0.4, -0.2) is 33.5 Å². The van der Waals surface area contributed by atoms with Crippen LogP contribution in [0.5, 0.6) is 0 Å². The molecule has 2 N–H and O–H groups in total. The van der Waals surface area contributed by atoms with Crippen LogP contribution < -0.4 is 10.6 Å². The van der Waals surface area contributed by atoms with Gasteiger partial charge in [0.1, 0.15) is 6.04 Å². The SMILES string of the molecule is C[C@@H](NC(=O)[C@H]1CCCN1C(=S)Nc1cccnc1)c1cccc2ccccc12. The third-order valence-corrected chi connectivity index (χ3v) is 5.71. The fraction of sp³-hybridized carbons (Fsp3) is 0.261. The predicted octanol–water partition coefficient (Wildman–Crippen LogP) is 4.27. The van der Waals surface area contributed by atoms with E-state index in [1.807, 2.05) is 42.2 Å². The Balaban J connectivity index is 1.46. The third-order valence-electron chi connectivity index (χ3n) is 5.38. The lowest BCUT2D eigenvalue weighted by atomic mass is 9.99. The molecule has 0 bridgehead atoms. The third kappa shape index (κ3) is 4.22. The summed E-state index contributed by atoms with van der Waals surface area (Å²) in [5.74, 6) is 0.0123. The molecule has 5 nitrogen and oxygen atoms in total. The zero-order valence-electron chi connectivity index (χ0n) is 16.3. The second-order valence-electron chi connectivity index (χ2n) is 7.32. The monoisotopic (exact) mass is 404 g/mol. The maximum Gasteiger partial charge on any atom is 0.243 e. The number of benzene rings is 2. The zero-order chi connectivity index (χ0) is 20.2. The molecule has 1 saturated heterocycles. The lowest BCUT2D eigenvalue weighted by Gasteiger charge is -2.28. The molecule has 0 aliphatic carbocycles. The molecule has 2 heterocycles. The Morgan fingerprint density at radius 3 is 2.83 bits per heavy atom. The van der Waals surface area contributed by atoms with E-state index >= 15 is 0 Å². The van der Waals surface area contributed by atoms with Crippen LogP contribution in [0.15, 0.2) is 67.0 Å². The maximum atomic E-state index is 13.1. The average molecular weight is 405 g/mol. The number of carbonyl (C=O) groups excluding carboxylic acids is 1. The molecule has 2 aromatic carbocycles. The van der Waals surface area contributed by atoms with E-state index in [-0.39, 0.29) is 18.0 Å². The van der Waals surface area contributed by atoms with E-state index in [0.717, 1.165) is 30.6 Å². The van der Waals surface area contributed by atoms with Crippen molar-refractivity contribution in [2.45, 2.75) is 31.8 Å². The molecule has 6 heteroatoms. The van der Waals surface area contributed by atoms with E-state index < -0.39 is 0 Å². The van der Waals surface area contributed by atoms with Crippen LogP contribution in [0.2, 0.25) is 0 Å². The van der Waals surface area contributed by atoms with Gasteiger partial charge in [-0.2, -0.15) is 0 Å². The van der Waals surface area contributed by atoms with E-state index in [2.05, 4.69) is 39.9 Å². The lowest BCUT2D eigenvalue weighted by molar-refractivity contribution is -0.125. The highest BCUT2D eigenvalue weighted by Gasteiger charge is 2.33. The molecule has 2 atom stereocenters. The highest BCUT2D eigenvalue weighted by molar-refractivity contribution is 7.80. The highest BCUT2D eigenvalue weighted by atomic mass is 32.1. The zero-order valence-corrected chi connectivity index (χ0v) is 17.2. The highest BCUT2D eigenvalue weighted by Crippen LogP contribution is 2.25. The molecule has 29 heavy (non-hydrogen) atoms. The molecule has 1 aromatic heterocycles. The number of amides is 1. The maximum absolute atomic E-state index is 13.1. The Bertz CT molecular complexity index is 1020. The van der Waals surface area contributed by atoms with Gasteiger partial charge in [0.05, 0.1) is 17.9 Å². The Labute approximate surface area is 176 Å². The first-order valence-corrected chi connectivity index (χ1v) is 10.3. The average Bonchev–Trinajstić information content (AvgIpc) is 3.24. The predicted molar refractivity (Wildman–Crippen MR) is 121 cm³/mol. The Morgan fingerprint density at radius 1 is 1.17 bits per heavy atom. The normalized spacial score (nSPS) is 17.1. The van der Waals surface area contributed by atoms with Crippen molar-refractivity contribution in [3.05, 3.63) is 72.6 Å². The van der Waals surface area contributed by atoms with Crippen molar-refractivity contribution in [1.29, 1.82) is 0 Å². The summed E-state index contributed by atoms with van der Waals surface area (Å²) in [6.45, 7) is 2.80. The number of nitrogens with one attached hydrogen (secondary N) is 2. The molecule has 0 saturated carbocycles. The van der Waals surface area contributed by atoms with Gasteiger partial charge >= 0.3 is 0 Å². The fourth-order valence-corrected chi connectivity index (χ4v) is 4.27. The second kappa shape index (κ2) is 8.57. The van der Waals surface area contributed by atoms with E-state index in [1.54, 1.807) is 12.4 Å². The van der Waals surface area contributed by atoms with Crippen molar-refractivity contribution in [2.24, 2.45) is 0 Å². The summed E-state index contributed by atoms with van der Waals surface area (Å²) in [4.78, 5) is 19.2.